The van der Waals surface area contributed by atoms with E-state index in [2.05, 4.69) is 224 Å². The molecule has 9 aromatic carbocycles. The molecule has 3 nitrogen and oxygen atoms in total. The van der Waals surface area contributed by atoms with Crippen LogP contribution in [0.2, 0.25) is 0 Å². The Hall–Kier alpha value is -8.01. The third-order valence-electron chi connectivity index (χ3n) is 12.0. The van der Waals surface area contributed by atoms with Gasteiger partial charge in [-0.05, 0) is 91.0 Å². The molecule has 1 aliphatic rings. The van der Waals surface area contributed by atoms with Gasteiger partial charge in [0.2, 0.25) is 0 Å². The SMILES string of the molecule is c1ccc(-c2cccc(-c3nc(-c4cccc(-c5ccccc5)c4)nc(-c4cccc(-c5ccc6c(c5)C(c5ccccc5)(c5ccccc5)c5ccccc5-6)c4)n3)c2)cc1. The average molecular weight is 778 g/mol. The molecular formula is C58H39N3. The van der Waals surface area contributed by atoms with Crippen LogP contribution >= 0.6 is 0 Å². The van der Waals surface area contributed by atoms with Crippen molar-refractivity contribution in [2.45, 2.75) is 5.41 Å². The summed E-state index contributed by atoms with van der Waals surface area (Å²) in [5.74, 6) is 1.87. The van der Waals surface area contributed by atoms with Gasteiger partial charge >= 0.3 is 0 Å². The van der Waals surface area contributed by atoms with Crippen LogP contribution in [0.5, 0.6) is 0 Å². The molecule has 10 aromatic rings. The summed E-state index contributed by atoms with van der Waals surface area (Å²) >= 11 is 0. The Morgan fingerprint density at radius 2 is 0.574 bits per heavy atom. The quantitative estimate of drug-likeness (QED) is 0.154. The number of benzene rings is 9. The zero-order valence-corrected chi connectivity index (χ0v) is 33.4. The molecule has 0 N–H and O–H groups in total. The van der Waals surface area contributed by atoms with Crippen LogP contribution in [-0.4, -0.2) is 15.0 Å². The molecule has 286 valence electrons. The monoisotopic (exact) mass is 777 g/mol. The standard InChI is InChI=1S/C58H39N3/c1-5-18-40(19-6-1)42-22-15-25-46(36-42)55-59-56(47-26-16-23-43(37-47)41-20-7-2-8-21-41)61-57(60-55)48-27-17-24-44(38-48)45-34-35-52-51-32-13-14-33-53(51)58(54(52)39-45,49-28-9-3-10-29-49)50-30-11-4-12-31-50/h1-39H. The lowest BCUT2D eigenvalue weighted by molar-refractivity contribution is 0.769. The molecule has 1 aromatic heterocycles. The van der Waals surface area contributed by atoms with Gasteiger partial charge in [0.25, 0.3) is 0 Å². The molecule has 0 fully saturated rings. The smallest absolute Gasteiger partial charge is 0.164 e. The predicted octanol–water partition coefficient (Wildman–Crippen LogP) is 14.2. The van der Waals surface area contributed by atoms with E-state index in [0.717, 1.165) is 50.1 Å². The van der Waals surface area contributed by atoms with Gasteiger partial charge in [-0.3, -0.25) is 0 Å². The second-order valence-electron chi connectivity index (χ2n) is 15.6. The Bertz CT molecular complexity index is 3040. The first-order valence-corrected chi connectivity index (χ1v) is 20.8. The van der Waals surface area contributed by atoms with E-state index in [0.29, 0.717) is 17.5 Å². The van der Waals surface area contributed by atoms with Gasteiger partial charge in [0.1, 0.15) is 0 Å². The number of hydrogen-bond acceptors (Lipinski definition) is 3. The second kappa shape index (κ2) is 15.3. The van der Waals surface area contributed by atoms with Crippen molar-refractivity contribution in [2.24, 2.45) is 0 Å². The summed E-state index contributed by atoms with van der Waals surface area (Å²) in [4.78, 5) is 15.6. The summed E-state index contributed by atoms with van der Waals surface area (Å²) in [6, 6.07) is 84.2. The van der Waals surface area contributed by atoms with Crippen molar-refractivity contribution in [1.29, 1.82) is 0 Å². The Morgan fingerprint density at radius 3 is 1.05 bits per heavy atom. The van der Waals surface area contributed by atoms with Crippen molar-refractivity contribution in [3.63, 3.8) is 0 Å². The summed E-state index contributed by atoms with van der Waals surface area (Å²) in [5, 5.41) is 0. The highest BCUT2D eigenvalue weighted by molar-refractivity contribution is 5.89. The zero-order valence-electron chi connectivity index (χ0n) is 33.4. The molecule has 0 atom stereocenters. The number of hydrogen-bond donors (Lipinski definition) is 0. The normalized spacial score (nSPS) is 12.4. The molecule has 0 unspecified atom stereocenters. The topological polar surface area (TPSA) is 38.7 Å². The lowest BCUT2D eigenvalue weighted by atomic mass is 9.67. The van der Waals surface area contributed by atoms with E-state index in [-0.39, 0.29) is 0 Å². The van der Waals surface area contributed by atoms with Crippen LogP contribution in [0.4, 0.5) is 0 Å². The minimum Gasteiger partial charge on any atom is -0.208 e. The van der Waals surface area contributed by atoms with E-state index >= 15 is 0 Å². The van der Waals surface area contributed by atoms with Crippen molar-refractivity contribution in [3.8, 4) is 78.7 Å². The maximum atomic E-state index is 5.21. The maximum absolute atomic E-state index is 5.21. The van der Waals surface area contributed by atoms with Gasteiger partial charge in [-0.25, -0.2) is 15.0 Å². The highest BCUT2D eigenvalue weighted by Crippen LogP contribution is 2.56. The largest absolute Gasteiger partial charge is 0.208 e. The minimum absolute atomic E-state index is 0.483. The molecular weight excluding hydrogens is 739 g/mol. The Morgan fingerprint density at radius 1 is 0.230 bits per heavy atom. The summed E-state index contributed by atoms with van der Waals surface area (Å²) in [6.07, 6.45) is 0. The summed E-state index contributed by atoms with van der Waals surface area (Å²) in [5.41, 5.74) is 16.6. The first-order chi connectivity index (χ1) is 30.2. The Balaban J connectivity index is 1.07. The third kappa shape index (κ3) is 6.44. The fraction of sp³-hybridized carbons (Fsp3) is 0.0172. The summed E-state index contributed by atoms with van der Waals surface area (Å²) in [7, 11) is 0. The van der Waals surface area contributed by atoms with E-state index in [1.165, 1.54) is 33.4 Å². The lowest BCUT2D eigenvalue weighted by Gasteiger charge is -2.34. The van der Waals surface area contributed by atoms with Crippen molar-refractivity contribution in [2.75, 3.05) is 0 Å². The van der Waals surface area contributed by atoms with Crippen molar-refractivity contribution in [1.82, 2.24) is 15.0 Å². The average Bonchev–Trinajstić information content (AvgIpc) is 3.65. The summed E-state index contributed by atoms with van der Waals surface area (Å²) < 4.78 is 0. The Kier molecular flexibility index (Phi) is 9.05. The molecule has 1 heterocycles. The van der Waals surface area contributed by atoms with Crippen molar-refractivity contribution in [3.05, 3.63) is 259 Å². The molecule has 0 amide bonds. The van der Waals surface area contributed by atoms with E-state index in [1.54, 1.807) is 0 Å². The fourth-order valence-corrected chi connectivity index (χ4v) is 9.16. The number of aromatic nitrogens is 3. The van der Waals surface area contributed by atoms with Crippen LogP contribution in [-0.2, 0) is 5.41 Å². The molecule has 61 heavy (non-hydrogen) atoms. The first-order valence-electron chi connectivity index (χ1n) is 20.8. The van der Waals surface area contributed by atoms with Crippen LogP contribution in [0, 0.1) is 0 Å². The number of rotatable bonds is 8. The molecule has 3 heteroatoms. The summed E-state index contributed by atoms with van der Waals surface area (Å²) in [6.45, 7) is 0. The minimum atomic E-state index is -0.483. The molecule has 1 aliphatic carbocycles. The highest BCUT2D eigenvalue weighted by Gasteiger charge is 2.46. The lowest BCUT2D eigenvalue weighted by Crippen LogP contribution is -2.28. The third-order valence-corrected chi connectivity index (χ3v) is 12.0. The van der Waals surface area contributed by atoms with Gasteiger partial charge in [-0.2, -0.15) is 0 Å². The van der Waals surface area contributed by atoms with Crippen LogP contribution in [0.25, 0.3) is 78.7 Å². The molecule has 0 aliphatic heterocycles. The number of fused-ring (bicyclic) bond motifs is 3. The van der Waals surface area contributed by atoms with Crippen LogP contribution in [0.1, 0.15) is 22.3 Å². The molecule has 0 saturated heterocycles. The molecule has 0 bridgehead atoms. The van der Waals surface area contributed by atoms with Crippen LogP contribution in [0.3, 0.4) is 0 Å². The van der Waals surface area contributed by atoms with E-state index in [1.807, 2.05) is 12.1 Å². The van der Waals surface area contributed by atoms with Gasteiger partial charge in [0.05, 0.1) is 5.41 Å². The maximum Gasteiger partial charge on any atom is 0.164 e. The van der Waals surface area contributed by atoms with Gasteiger partial charge < -0.3 is 0 Å². The van der Waals surface area contributed by atoms with E-state index in [4.69, 9.17) is 15.0 Å². The van der Waals surface area contributed by atoms with Gasteiger partial charge in [-0.1, -0.05) is 212 Å². The van der Waals surface area contributed by atoms with E-state index < -0.39 is 5.41 Å². The molecule has 0 saturated carbocycles. The zero-order chi connectivity index (χ0) is 40.6. The fourth-order valence-electron chi connectivity index (χ4n) is 9.16. The van der Waals surface area contributed by atoms with Crippen molar-refractivity contribution >= 4 is 0 Å². The van der Waals surface area contributed by atoms with Crippen LogP contribution < -0.4 is 0 Å². The Labute approximate surface area is 356 Å². The van der Waals surface area contributed by atoms with Gasteiger partial charge in [0, 0.05) is 16.7 Å². The molecule has 0 spiro atoms. The predicted molar refractivity (Wildman–Crippen MR) is 250 cm³/mol. The van der Waals surface area contributed by atoms with E-state index in [9.17, 15) is 0 Å². The molecule has 11 rings (SSSR count). The number of nitrogens with zero attached hydrogens (tertiary/aromatic N) is 3. The van der Waals surface area contributed by atoms with Crippen molar-refractivity contribution < 1.29 is 0 Å². The van der Waals surface area contributed by atoms with Gasteiger partial charge in [-0.15, -0.1) is 0 Å². The molecule has 0 radical (unpaired) electrons. The van der Waals surface area contributed by atoms with Crippen LogP contribution in [0.15, 0.2) is 237 Å². The van der Waals surface area contributed by atoms with Gasteiger partial charge in [0.15, 0.2) is 17.5 Å². The first kappa shape index (κ1) is 36.1. The highest BCUT2D eigenvalue weighted by atomic mass is 15.0. The second-order valence-corrected chi connectivity index (χ2v) is 15.6.